The number of rotatable bonds is 5. The first-order valence-electron chi connectivity index (χ1n) is 9.25. The van der Waals surface area contributed by atoms with Gasteiger partial charge in [-0.2, -0.15) is 0 Å². The van der Waals surface area contributed by atoms with Gasteiger partial charge in [-0.1, -0.05) is 31.9 Å². The van der Waals surface area contributed by atoms with Crippen LogP contribution < -0.4 is 5.73 Å². The van der Waals surface area contributed by atoms with Gasteiger partial charge in [0.1, 0.15) is 11.9 Å². The Bertz CT molecular complexity index is 821. The minimum Gasteiger partial charge on any atom is -0.382 e. The van der Waals surface area contributed by atoms with Crippen molar-refractivity contribution in [3.8, 4) is 11.3 Å². The second-order valence-corrected chi connectivity index (χ2v) is 6.82. The summed E-state index contributed by atoms with van der Waals surface area (Å²) in [6.45, 7) is 3.18. The predicted molar refractivity (Wildman–Crippen MR) is 104 cm³/mol. The highest BCUT2D eigenvalue weighted by molar-refractivity contribution is 5.99. The zero-order chi connectivity index (χ0) is 19.4. The van der Waals surface area contributed by atoms with Crippen molar-refractivity contribution in [2.45, 2.75) is 32.2 Å². The number of benzene rings is 1. The van der Waals surface area contributed by atoms with Crippen LogP contribution in [0.25, 0.3) is 11.3 Å². The van der Waals surface area contributed by atoms with Crippen LogP contribution in [-0.2, 0) is 4.79 Å². The molecule has 1 aromatic heterocycles. The van der Waals surface area contributed by atoms with Gasteiger partial charge in [0.05, 0.1) is 18.1 Å². The molecule has 27 heavy (non-hydrogen) atoms. The average Bonchev–Trinajstić information content (AvgIpc) is 2.69. The molecule has 2 aromatic rings. The molecule has 2 heterocycles. The van der Waals surface area contributed by atoms with E-state index in [9.17, 15) is 9.59 Å². The molecule has 0 radical (unpaired) electrons. The van der Waals surface area contributed by atoms with Crippen molar-refractivity contribution in [2.75, 3.05) is 25.9 Å². The lowest BCUT2D eigenvalue weighted by molar-refractivity contribution is -0.138. The SMILES string of the molecule is CCCC[C@H]1C(=O)N(C)CCN1C(=O)c1cccc(-c2cnc(N)cn2)c1. The summed E-state index contributed by atoms with van der Waals surface area (Å²) in [5.74, 6) is 0.243. The third-order valence-corrected chi connectivity index (χ3v) is 4.88. The molecule has 1 saturated heterocycles. The van der Waals surface area contributed by atoms with Crippen LogP contribution in [0.3, 0.4) is 0 Å². The van der Waals surface area contributed by atoms with Crippen molar-refractivity contribution in [1.82, 2.24) is 19.8 Å². The van der Waals surface area contributed by atoms with E-state index in [0.717, 1.165) is 18.4 Å². The number of carbonyl (C=O) groups is 2. The zero-order valence-corrected chi connectivity index (χ0v) is 15.8. The van der Waals surface area contributed by atoms with Gasteiger partial charge >= 0.3 is 0 Å². The van der Waals surface area contributed by atoms with E-state index in [1.165, 1.54) is 6.20 Å². The molecule has 1 atom stereocenters. The smallest absolute Gasteiger partial charge is 0.254 e. The Labute approximate surface area is 159 Å². The lowest BCUT2D eigenvalue weighted by Gasteiger charge is -2.39. The first kappa shape index (κ1) is 18.8. The molecule has 1 fully saturated rings. The Balaban J connectivity index is 1.86. The maximum atomic E-state index is 13.2. The van der Waals surface area contributed by atoms with Gasteiger partial charge in [-0.05, 0) is 18.6 Å². The van der Waals surface area contributed by atoms with Crippen LogP contribution in [0.4, 0.5) is 5.82 Å². The van der Waals surface area contributed by atoms with Crippen molar-refractivity contribution in [3.63, 3.8) is 0 Å². The molecular formula is C20H25N5O2. The number of unbranched alkanes of at least 4 members (excludes halogenated alkanes) is 1. The molecule has 1 aliphatic heterocycles. The minimum atomic E-state index is -0.392. The van der Waals surface area contributed by atoms with E-state index in [0.29, 0.717) is 36.6 Å². The van der Waals surface area contributed by atoms with Gasteiger partial charge in [-0.15, -0.1) is 0 Å². The van der Waals surface area contributed by atoms with Gasteiger partial charge in [0.25, 0.3) is 5.91 Å². The molecule has 0 saturated carbocycles. The molecule has 2 N–H and O–H groups in total. The molecule has 7 nitrogen and oxygen atoms in total. The third kappa shape index (κ3) is 4.07. The summed E-state index contributed by atoms with van der Waals surface area (Å²) >= 11 is 0. The summed E-state index contributed by atoms with van der Waals surface area (Å²) in [4.78, 5) is 37.5. The van der Waals surface area contributed by atoms with Gasteiger partial charge < -0.3 is 15.5 Å². The summed E-state index contributed by atoms with van der Waals surface area (Å²) in [5, 5.41) is 0. The van der Waals surface area contributed by atoms with Gasteiger partial charge in [-0.3, -0.25) is 14.6 Å². The highest BCUT2D eigenvalue weighted by Gasteiger charge is 2.35. The van der Waals surface area contributed by atoms with Crippen molar-refractivity contribution in [2.24, 2.45) is 0 Å². The van der Waals surface area contributed by atoms with Gasteiger partial charge in [0.2, 0.25) is 5.91 Å². The Morgan fingerprint density at radius 2 is 2.07 bits per heavy atom. The first-order valence-corrected chi connectivity index (χ1v) is 9.25. The predicted octanol–water partition coefficient (Wildman–Crippen LogP) is 2.20. The van der Waals surface area contributed by atoms with Gasteiger partial charge in [0, 0.05) is 31.3 Å². The Morgan fingerprint density at radius 1 is 1.26 bits per heavy atom. The molecule has 0 bridgehead atoms. The van der Waals surface area contributed by atoms with Crippen LogP contribution in [0.15, 0.2) is 36.7 Å². The number of piperazine rings is 1. The maximum Gasteiger partial charge on any atom is 0.254 e. The maximum absolute atomic E-state index is 13.2. The minimum absolute atomic E-state index is 0.0172. The fraction of sp³-hybridized carbons (Fsp3) is 0.400. The van der Waals surface area contributed by atoms with Crippen LogP contribution in [0, 0.1) is 0 Å². The number of nitrogen functional groups attached to an aromatic ring is 1. The van der Waals surface area contributed by atoms with E-state index in [1.807, 2.05) is 12.1 Å². The largest absolute Gasteiger partial charge is 0.382 e. The molecule has 3 rings (SSSR count). The summed E-state index contributed by atoms with van der Waals surface area (Å²) in [6.07, 6.45) is 5.66. The summed E-state index contributed by atoms with van der Waals surface area (Å²) in [5.41, 5.74) is 7.58. The Morgan fingerprint density at radius 3 is 2.78 bits per heavy atom. The number of anilines is 1. The molecular weight excluding hydrogens is 342 g/mol. The average molecular weight is 367 g/mol. The fourth-order valence-electron chi connectivity index (χ4n) is 3.30. The third-order valence-electron chi connectivity index (χ3n) is 4.88. The highest BCUT2D eigenvalue weighted by Crippen LogP contribution is 2.22. The van der Waals surface area contributed by atoms with E-state index < -0.39 is 6.04 Å². The molecule has 1 aliphatic rings. The summed E-state index contributed by atoms with van der Waals surface area (Å²) in [7, 11) is 1.80. The van der Waals surface area contributed by atoms with Crippen molar-refractivity contribution < 1.29 is 9.59 Å². The number of aromatic nitrogens is 2. The second-order valence-electron chi connectivity index (χ2n) is 6.82. The van der Waals surface area contributed by atoms with Gasteiger partial charge in [-0.25, -0.2) is 4.98 Å². The van der Waals surface area contributed by atoms with Crippen LogP contribution in [0.2, 0.25) is 0 Å². The van der Waals surface area contributed by atoms with Crippen molar-refractivity contribution in [3.05, 3.63) is 42.2 Å². The van der Waals surface area contributed by atoms with Crippen LogP contribution in [-0.4, -0.2) is 57.8 Å². The molecule has 1 aromatic carbocycles. The number of nitrogens with zero attached hydrogens (tertiary/aromatic N) is 4. The van der Waals surface area contributed by atoms with E-state index in [-0.39, 0.29) is 11.8 Å². The zero-order valence-electron chi connectivity index (χ0n) is 15.8. The number of hydrogen-bond acceptors (Lipinski definition) is 5. The van der Waals surface area contributed by atoms with Crippen LogP contribution >= 0.6 is 0 Å². The van der Waals surface area contributed by atoms with E-state index in [4.69, 9.17) is 5.73 Å². The fourth-order valence-corrected chi connectivity index (χ4v) is 3.30. The quantitative estimate of drug-likeness (QED) is 0.874. The number of hydrogen-bond donors (Lipinski definition) is 1. The van der Waals surface area contributed by atoms with Gasteiger partial charge in [0.15, 0.2) is 0 Å². The number of nitrogens with two attached hydrogens (primary N) is 1. The standard InChI is InChI=1S/C20H25N5O2/c1-3-4-8-17-20(27)24(2)9-10-25(17)19(26)15-7-5-6-14(11-15)16-12-23-18(21)13-22-16/h5-7,11-13,17H,3-4,8-10H2,1-2H3,(H2,21,23)/t17-/m0/s1. The van der Waals surface area contributed by atoms with E-state index in [2.05, 4.69) is 16.9 Å². The van der Waals surface area contributed by atoms with Crippen molar-refractivity contribution >= 4 is 17.6 Å². The molecule has 7 heteroatoms. The lowest BCUT2D eigenvalue weighted by atomic mass is 10.0. The monoisotopic (exact) mass is 367 g/mol. The number of carbonyl (C=O) groups excluding carboxylic acids is 2. The van der Waals surface area contributed by atoms with Crippen LogP contribution in [0.5, 0.6) is 0 Å². The first-order chi connectivity index (χ1) is 13.0. The molecule has 142 valence electrons. The summed E-state index contributed by atoms with van der Waals surface area (Å²) < 4.78 is 0. The second kappa shape index (κ2) is 8.16. The Kier molecular flexibility index (Phi) is 5.69. The highest BCUT2D eigenvalue weighted by atomic mass is 16.2. The molecule has 0 spiro atoms. The lowest BCUT2D eigenvalue weighted by Crippen LogP contribution is -2.57. The number of amides is 2. The number of likely N-dealkylation sites (N-methyl/N-ethyl adjacent to an activating group) is 1. The van der Waals surface area contributed by atoms with E-state index in [1.54, 1.807) is 35.2 Å². The topological polar surface area (TPSA) is 92.4 Å². The molecule has 2 amide bonds. The Hall–Kier alpha value is -2.96. The summed E-state index contributed by atoms with van der Waals surface area (Å²) in [6, 6.07) is 6.87. The molecule has 0 aliphatic carbocycles. The molecule has 0 unspecified atom stereocenters. The van der Waals surface area contributed by atoms with Crippen LogP contribution in [0.1, 0.15) is 36.5 Å². The van der Waals surface area contributed by atoms with Crippen molar-refractivity contribution in [1.29, 1.82) is 0 Å². The normalized spacial score (nSPS) is 17.3. The van der Waals surface area contributed by atoms with E-state index >= 15 is 0 Å².